The van der Waals surface area contributed by atoms with E-state index in [1.165, 1.54) is 11.1 Å². The van der Waals surface area contributed by atoms with Crippen LogP contribution in [-0.4, -0.2) is 29.2 Å². The molecule has 1 aromatic carbocycles. The number of halogens is 1. The summed E-state index contributed by atoms with van der Waals surface area (Å²) in [5.41, 5.74) is 3.26. The summed E-state index contributed by atoms with van der Waals surface area (Å²) in [4.78, 5) is 14.4. The average molecular weight is 310 g/mol. The number of alkyl halides is 1. The quantitative estimate of drug-likeness (QED) is 0.765. The summed E-state index contributed by atoms with van der Waals surface area (Å²) in [5, 5.41) is 1.05. The number of hydrogen-bond acceptors (Lipinski definition) is 1. The van der Waals surface area contributed by atoms with Gasteiger partial charge in [0.15, 0.2) is 0 Å². The van der Waals surface area contributed by atoms with Gasteiger partial charge in [0.1, 0.15) is 0 Å². The van der Waals surface area contributed by atoms with Crippen LogP contribution in [0.25, 0.3) is 0 Å². The minimum absolute atomic E-state index is 0.186. The molecule has 1 amide bonds. The van der Waals surface area contributed by atoms with Crippen LogP contribution in [0.5, 0.6) is 0 Å². The number of amides is 1. The first-order valence-corrected chi connectivity index (χ1v) is 7.66. The predicted molar refractivity (Wildman–Crippen MR) is 78.3 cm³/mol. The molecule has 18 heavy (non-hydrogen) atoms. The number of carbonyl (C=O) groups excluding carboxylic acids is 1. The van der Waals surface area contributed by atoms with Crippen molar-refractivity contribution in [3.05, 3.63) is 34.9 Å². The Balaban J connectivity index is 2.05. The van der Waals surface area contributed by atoms with Gasteiger partial charge in [-0.2, -0.15) is 0 Å². The zero-order chi connectivity index (χ0) is 13.1. The minimum atomic E-state index is 0.186. The number of nitrogens with zero attached hydrogens (tertiary/aromatic N) is 1. The molecule has 0 aliphatic carbocycles. The molecule has 1 fully saturated rings. The molecule has 0 saturated carbocycles. The smallest absolute Gasteiger partial charge is 0.253 e. The van der Waals surface area contributed by atoms with Crippen molar-refractivity contribution >= 4 is 21.8 Å². The lowest BCUT2D eigenvalue weighted by Crippen LogP contribution is -2.38. The molecule has 0 spiro atoms. The van der Waals surface area contributed by atoms with Crippen molar-refractivity contribution in [1.82, 2.24) is 4.90 Å². The van der Waals surface area contributed by atoms with Gasteiger partial charge < -0.3 is 4.90 Å². The fourth-order valence-electron chi connectivity index (χ4n) is 2.35. The lowest BCUT2D eigenvalue weighted by molar-refractivity contribution is 0.0699. The van der Waals surface area contributed by atoms with Crippen LogP contribution < -0.4 is 0 Å². The van der Waals surface area contributed by atoms with Crippen LogP contribution in [0.15, 0.2) is 18.2 Å². The molecule has 0 N–H and O–H groups in total. The molecule has 0 unspecified atom stereocenters. The van der Waals surface area contributed by atoms with Crippen molar-refractivity contribution in [2.24, 2.45) is 5.92 Å². The summed E-state index contributed by atoms with van der Waals surface area (Å²) in [5.74, 6) is 0.917. The normalized spacial score (nSPS) is 16.9. The zero-order valence-electron chi connectivity index (χ0n) is 11.1. The van der Waals surface area contributed by atoms with E-state index in [1.807, 2.05) is 23.1 Å². The summed E-state index contributed by atoms with van der Waals surface area (Å²) >= 11 is 3.53. The van der Waals surface area contributed by atoms with Gasteiger partial charge in [-0.05, 0) is 55.9 Å². The van der Waals surface area contributed by atoms with Gasteiger partial charge >= 0.3 is 0 Å². The fourth-order valence-corrected chi connectivity index (χ4v) is 2.99. The van der Waals surface area contributed by atoms with Gasteiger partial charge in [0, 0.05) is 24.0 Å². The second-order valence-electron chi connectivity index (χ2n) is 5.19. The third kappa shape index (κ3) is 2.94. The second-order valence-corrected chi connectivity index (χ2v) is 5.84. The topological polar surface area (TPSA) is 20.3 Å². The Labute approximate surface area is 117 Å². The maximum atomic E-state index is 12.4. The molecular weight excluding hydrogens is 290 g/mol. The number of rotatable bonds is 2. The SMILES string of the molecule is Cc1ccc(C(=O)N2CCC(CBr)CC2)cc1C. The monoisotopic (exact) mass is 309 g/mol. The molecule has 3 heteroatoms. The van der Waals surface area contributed by atoms with E-state index in [0.717, 1.165) is 42.7 Å². The Morgan fingerprint density at radius 3 is 2.50 bits per heavy atom. The van der Waals surface area contributed by atoms with E-state index in [0.29, 0.717) is 0 Å². The summed E-state index contributed by atoms with van der Waals surface area (Å²) in [7, 11) is 0. The molecule has 2 nitrogen and oxygen atoms in total. The summed E-state index contributed by atoms with van der Waals surface area (Å²) in [6.07, 6.45) is 2.23. The zero-order valence-corrected chi connectivity index (χ0v) is 12.7. The molecule has 1 heterocycles. The maximum Gasteiger partial charge on any atom is 0.253 e. The summed E-state index contributed by atoms with van der Waals surface area (Å²) in [6, 6.07) is 5.99. The van der Waals surface area contributed by atoms with Crippen LogP contribution in [0.1, 0.15) is 34.3 Å². The molecule has 0 radical (unpaired) electrons. The van der Waals surface area contributed by atoms with Crippen LogP contribution in [0.4, 0.5) is 0 Å². The Morgan fingerprint density at radius 1 is 1.28 bits per heavy atom. The highest BCUT2D eigenvalue weighted by atomic mass is 79.9. The van der Waals surface area contributed by atoms with E-state index in [1.54, 1.807) is 0 Å². The van der Waals surface area contributed by atoms with Gasteiger partial charge in [-0.1, -0.05) is 22.0 Å². The minimum Gasteiger partial charge on any atom is -0.339 e. The third-order valence-corrected chi connectivity index (χ3v) is 4.79. The molecule has 0 aromatic heterocycles. The third-order valence-electron chi connectivity index (χ3n) is 3.87. The van der Waals surface area contributed by atoms with E-state index in [4.69, 9.17) is 0 Å². The molecule has 1 aliphatic rings. The first-order valence-electron chi connectivity index (χ1n) is 6.54. The number of aryl methyl sites for hydroxylation is 2. The number of piperidine rings is 1. The Hall–Kier alpha value is -0.830. The highest BCUT2D eigenvalue weighted by molar-refractivity contribution is 9.09. The lowest BCUT2D eigenvalue weighted by atomic mass is 9.98. The Bertz CT molecular complexity index is 436. The molecule has 98 valence electrons. The van der Waals surface area contributed by atoms with E-state index in [-0.39, 0.29) is 5.91 Å². The van der Waals surface area contributed by atoms with Crippen molar-refractivity contribution < 1.29 is 4.79 Å². The Morgan fingerprint density at radius 2 is 1.94 bits per heavy atom. The van der Waals surface area contributed by atoms with Gasteiger partial charge in [-0.15, -0.1) is 0 Å². The van der Waals surface area contributed by atoms with Gasteiger partial charge in [-0.25, -0.2) is 0 Å². The molecule has 0 bridgehead atoms. The van der Waals surface area contributed by atoms with E-state index < -0.39 is 0 Å². The highest BCUT2D eigenvalue weighted by Crippen LogP contribution is 2.21. The van der Waals surface area contributed by atoms with Crippen LogP contribution in [0, 0.1) is 19.8 Å². The first kappa shape index (κ1) is 13.6. The van der Waals surface area contributed by atoms with Crippen molar-refractivity contribution in [2.75, 3.05) is 18.4 Å². The standard InChI is InChI=1S/C15H20BrNO/c1-11-3-4-14(9-12(11)2)15(18)17-7-5-13(10-16)6-8-17/h3-4,9,13H,5-8,10H2,1-2H3. The maximum absolute atomic E-state index is 12.4. The van der Waals surface area contributed by atoms with Crippen molar-refractivity contribution in [3.8, 4) is 0 Å². The number of hydrogen-bond donors (Lipinski definition) is 0. The van der Waals surface area contributed by atoms with Crippen LogP contribution >= 0.6 is 15.9 Å². The molecule has 1 aliphatic heterocycles. The molecular formula is C15H20BrNO. The van der Waals surface area contributed by atoms with Crippen LogP contribution in [0.2, 0.25) is 0 Å². The number of likely N-dealkylation sites (tertiary alicyclic amines) is 1. The van der Waals surface area contributed by atoms with Gasteiger partial charge in [0.2, 0.25) is 0 Å². The van der Waals surface area contributed by atoms with Crippen molar-refractivity contribution in [1.29, 1.82) is 0 Å². The van der Waals surface area contributed by atoms with Gasteiger partial charge in [0.05, 0.1) is 0 Å². The lowest BCUT2D eigenvalue weighted by Gasteiger charge is -2.31. The van der Waals surface area contributed by atoms with Crippen molar-refractivity contribution in [3.63, 3.8) is 0 Å². The second kappa shape index (κ2) is 5.87. The van der Waals surface area contributed by atoms with Crippen molar-refractivity contribution in [2.45, 2.75) is 26.7 Å². The van der Waals surface area contributed by atoms with E-state index in [2.05, 4.69) is 29.8 Å². The fraction of sp³-hybridized carbons (Fsp3) is 0.533. The van der Waals surface area contributed by atoms with E-state index in [9.17, 15) is 4.79 Å². The molecule has 1 aromatic rings. The summed E-state index contributed by atoms with van der Waals surface area (Å²) in [6.45, 7) is 5.91. The highest BCUT2D eigenvalue weighted by Gasteiger charge is 2.22. The predicted octanol–water partition coefficient (Wildman–Crippen LogP) is 3.55. The number of benzene rings is 1. The van der Waals surface area contributed by atoms with Gasteiger partial charge in [0.25, 0.3) is 5.91 Å². The molecule has 0 atom stereocenters. The summed E-state index contributed by atoms with van der Waals surface area (Å²) < 4.78 is 0. The van der Waals surface area contributed by atoms with E-state index >= 15 is 0 Å². The average Bonchev–Trinajstić information content (AvgIpc) is 2.41. The largest absolute Gasteiger partial charge is 0.339 e. The first-order chi connectivity index (χ1) is 8.61. The number of carbonyl (C=O) groups is 1. The van der Waals surface area contributed by atoms with Crippen LogP contribution in [-0.2, 0) is 0 Å². The van der Waals surface area contributed by atoms with Crippen LogP contribution in [0.3, 0.4) is 0 Å². The molecule has 1 saturated heterocycles. The Kier molecular flexibility index (Phi) is 4.44. The van der Waals surface area contributed by atoms with Gasteiger partial charge in [-0.3, -0.25) is 4.79 Å². The molecule has 2 rings (SSSR count).